The summed E-state index contributed by atoms with van der Waals surface area (Å²) in [6.45, 7) is 26.8. The van der Waals surface area contributed by atoms with E-state index in [1.165, 1.54) is 6.42 Å². The largest absolute Gasteiger partial charge is 0.0628 e. The van der Waals surface area contributed by atoms with Gasteiger partial charge in [0, 0.05) is 0 Å². The average molecular weight is 297 g/mol. The summed E-state index contributed by atoms with van der Waals surface area (Å²) in [7, 11) is 0. The van der Waals surface area contributed by atoms with Gasteiger partial charge in [0.05, 0.1) is 0 Å². The molecule has 0 heterocycles. The minimum Gasteiger partial charge on any atom is -0.0628 e. The van der Waals surface area contributed by atoms with Crippen LogP contribution in [0.25, 0.3) is 0 Å². The molecule has 0 spiro atoms. The van der Waals surface area contributed by atoms with Gasteiger partial charge in [-0.05, 0) is 59.7 Å². The molecule has 0 heteroatoms. The summed E-state index contributed by atoms with van der Waals surface area (Å²) in [6.07, 6.45) is 1.37. The van der Waals surface area contributed by atoms with Crippen LogP contribution < -0.4 is 0 Å². The smallest absolute Gasteiger partial charge is 0.0322 e. The van der Waals surface area contributed by atoms with Gasteiger partial charge in [0.25, 0.3) is 0 Å². The molecule has 0 rings (SSSR count). The molecule has 1 unspecified atom stereocenters. The molecule has 0 bridgehead atoms. The Morgan fingerprint density at radius 3 is 0.905 bits per heavy atom. The zero-order valence-corrected chi connectivity index (χ0v) is 16.9. The second-order valence-electron chi connectivity index (χ2n) is 9.31. The van der Waals surface area contributed by atoms with E-state index in [2.05, 4.69) is 76.2 Å². The standard InChI is InChI=1S/C21H44/c1-13(2)12-18(11)21(19(14(3)4)15(5)6)20(16(7)8)17(9)10/h13-21H,12H2,1-11H3. The lowest BCUT2D eigenvalue weighted by Gasteiger charge is -2.46. The maximum atomic E-state index is 2.53. The molecule has 0 aliphatic rings. The molecule has 0 nitrogen and oxygen atoms in total. The van der Waals surface area contributed by atoms with E-state index < -0.39 is 0 Å². The van der Waals surface area contributed by atoms with Gasteiger partial charge in [-0.25, -0.2) is 0 Å². The molecular formula is C21H44. The summed E-state index contributed by atoms with van der Waals surface area (Å²) >= 11 is 0. The Kier molecular flexibility index (Phi) is 9.21. The fourth-order valence-electron chi connectivity index (χ4n) is 5.23. The highest BCUT2D eigenvalue weighted by molar-refractivity contribution is 4.87. The Labute approximate surface area is 136 Å². The van der Waals surface area contributed by atoms with Crippen molar-refractivity contribution in [2.24, 2.45) is 53.3 Å². The summed E-state index contributed by atoms with van der Waals surface area (Å²) in [5.41, 5.74) is 0. The van der Waals surface area contributed by atoms with Gasteiger partial charge in [-0.1, -0.05) is 76.2 Å². The van der Waals surface area contributed by atoms with Crippen LogP contribution in [-0.4, -0.2) is 0 Å². The van der Waals surface area contributed by atoms with Crippen molar-refractivity contribution in [1.82, 2.24) is 0 Å². The van der Waals surface area contributed by atoms with Crippen LogP contribution in [0, 0.1) is 53.3 Å². The first kappa shape index (κ1) is 21.0. The Bertz CT molecular complexity index is 223. The van der Waals surface area contributed by atoms with Gasteiger partial charge in [-0.3, -0.25) is 0 Å². The third kappa shape index (κ3) is 6.33. The molecule has 0 amide bonds. The van der Waals surface area contributed by atoms with Crippen molar-refractivity contribution in [3.8, 4) is 0 Å². The van der Waals surface area contributed by atoms with Crippen LogP contribution in [0.15, 0.2) is 0 Å². The molecular weight excluding hydrogens is 252 g/mol. The van der Waals surface area contributed by atoms with E-state index in [0.29, 0.717) is 0 Å². The third-order valence-corrected chi connectivity index (χ3v) is 5.47. The van der Waals surface area contributed by atoms with Crippen molar-refractivity contribution in [3.05, 3.63) is 0 Å². The van der Waals surface area contributed by atoms with Crippen LogP contribution in [0.4, 0.5) is 0 Å². The van der Waals surface area contributed by atoms with Crippen LogP contribution in [0.5, 0.6) is 0 Å². The highest BCUT2D eigenvalue weighted by atomic mass is 14.4. The van der Waals surface area contributed by atoms with Gasteiger partial charge in [0.2, 0.25) is 0 Å². The van der Waals surface area contributed by atoms with Crippen LogP contribution in [0.1, 0.15) is 82.6 Å². The molecule has 0 saturated heterocycles. The predicted octanol–water partition coefficient (Wildman–Crippen LogP) is 7.14. The average Bonchev–Trinajstić information content (AvgIpc) is 2.24. The monoisotopic (exact) mass is 296 g/mol. The van der Waals surface area contributed by atoms with Gasteiger partial charge in [-0.2, -0.15) is 0 Å². The van der Waals surface area contributed by atoms with Gasteiger partial charge >= 0.3 is 0 Å². The van der Waals surface area contributed by atoms with Gasteiger partial charge in [0.1, 0.15) is 0 Å². The highest BCUT2D eigenvalue weighted by Crippen LogP contribution is 2.45. The molecule has 0 radical (unpaired) electrons. The molecule has 1 atom stereocenters. The first-order valence-corrected chi connectivity index (χ1v) is 9.50. The minimum atomic E-state index is 0.782. The maximum absolute atomic E-state index is 2.53. The fraction of sp³-hybridized carbons (Fsp3) is 1.00. The first-order chi connectivity index (χ1) is 9.50. The van der Waals surface area contributed by atoms with Gasteiger partial charge in [0.15, 0.2) is 0 Å². The van der Waals surface area contributed by atoms with Crippen LogP contribution in [-0.2, 0) is 0 Å². The number of rotatable bonds is 9. The van der Waals surface area contributed by atoms with Crippen molar-refractivity contribution in [2.75, 3.05) is 0 Å². The zero-order valence-electron chi connectivity index (χ0n) is 16.9. The second kappa shape index (κ2) is 9.21. The Hall–Kier alpha value is 0. The topological polar surface area (TPSA) is 0 Å². The molecule has 0 aromatic carbocycles. The number of hydrogen-bond acceptors (Lipinski definition) is 0. The van der Waals surface area contributed by atoms with Crippen LogP contribution in [0.3, 0.4) is 0 Å². The van der Waals surface area contributed by atoms with Crippen molar-refractivity contribution in [3.63, 3.8) is 0 Å². The summed E-state index contributed by atoms with van der Waals surface area (Å²) < 4.78 is 0. The van der Waals surface area contributed by atoms with E-state index in [1.807, 2.05) is 0 Å². The molecule has 0 aliphatic heterocycles. The second-order valence-corrected chi connectivity index (χ2v) is 9.31. The molecule has 0 aromatic rings. The molecule has 0 aromatic heterocycles. The molecule has 21 heavy (non-hydrogen) atoms. The van der Waals surface area contributed by atoms with Crippen molar-refractivity contribution >= 4 is 0 Å². The van der Waals surface area contributed by atoms with E-state index in [9.17, 15) is 0 Å². The summed E-state index contributed by atoms with van der Waals surface area (Å²) in [5, 5.41) is 0. The quantitative estimate of drug-likeness (QED) is 0.424. The van der Waals surface area contributed by atoms with E-state index in [1.54, 1.807) is 0 Å². The minimum absolute atomic E-state index is 0.782. The lowest BCUT2D eigenvalue weighted by Crippen LogP contribution is -2.40. The van der Waals surface area contributed by atoms with Gasteiger partial charge < -0.3 is 0 Å². The Morgan fingerprint density at radius 1 is 0.429 bits per heavy atom. The van der Waals surface area contributed by atoms with E-state index in [0.717, 1.165) is 53.3 Å². The van der Waals surface area contributed by atoms with Crippen LogP contribution in [0.2, 0.25) is 0 Å². The maximum Gasteiger partial charge on any atom is -0.0322 e. The molecule has 0 aliphatic carbocycles. The Balaban J connectivity index is 5.61. The summed E-state index contributed by atoms with van der Waals surface area (Å²) in [6, 6.07) is 0. The predicted molar refractivity (Wildman–Crippen MR) is 98.4 cm³/mol. The SMILES string of the molecule is CC(C)CC(C)C(C(C(C)C)C(C)C)C(C(C)C)C(C)C. The molecule has 0 saturated carbocycles. The molecule has 128 valence electrons. The molecule has 0 N–H and O–H groups in total. The van der Waals surface area contributed by atoms with Crippen LogP contribution >= 0.6 is 0 Å². The van der Waals surface area contributed by atoms with Crippen molar-refractivity contribution in [1.29, 1.82) is 0 Å². The normalized spacial score (nSPS) is 15.0. The Morgan fingerprint density at radius 2 is 0.714 bits per heavy atom. The highest BCUT2D eigenvalue weighted by Gasteiger charge is 2.39. The van der Waals surface area contributed by atoms with E-state index in [-0.39, 0.29) is 0 Å². The number of hydrogen-bond donors (Lipinski definition) is 0. The third-order valence-electron chi connectivity index (χ3n) is 5.47. The zero-order chi connectivity index (χ0) is 16.9. The summed E-state index contributed by atoms with van der Waals surface area (Å²) in [5.74, 6) is 7.30. The van der Waals surface area contributed by atoms with E-state index >= 15 is 0 Å². The van der Waals surface area contributed by atoms with Gasteiger partial charge in [-0.15, -0.1) is 0 Å². The summed E-state index contributed by atoms with van der Waals surface area (Å²) in [4.78, 5) is 0. The van der Waals surface area contributed by atoms with Crippen molar-refractivity contribution < 1.29 is 0 Å². The fourth-order valence-corrected chi connectivity index (χ4v) is 5.23. The molecule has 0 fully saturated rings. The lowest BCUT2D eigenvalue weighted by molar-refractivity contribution is 0.0263. The van der Waals surface area contributed by atoms with Crippen molar-refractivity contribution in [2.45, 2.75) is 82.6 Å². The first-order valence-electron chi connectivity index (χ1n) is 9.50. The van der Waals surface area contributed by atoms with E-state index in [4.69, 9.17) is 0 Å². The lowest BCUT2D eigenvalue weighted by atomic mass is 9.60.